The van der Waals surface area contributed by atoms with Crippen LogP contribution in [0.5, 0.6) is 0 Å². The van der Waals surface area contributed by atoms with Gasteiger partial charge >= 0.3 is 0 Å². The third kappa shape index (κ3) is 3.99. The lowest BCUT2D eigenvalue weighted by molar-refractivity contribution is 0.739. The molecule has 0 bridgehead atoms. The number of hydrogen-bond acceptors (Lipinski definition) is 3. The Balaban J connectivity index is 1.99. The van der Waals surface area contributed by atoms with E-state index in [4.69, 9.17) is 5.41 Å². The van der Waals surface area contributed by atoms with E-state index in [1.807, 2.05) is 49.6 Å². The number of pyridine rings is 1. The summed E-state index contributed by atoms with van der Waals surface area (Å²) >= 11 is 0. The zero-order valence-electron chi connectivity index (χ0n) is 14.1. The highest BCUT2D eigenvalue weighted by molar-refractivity contribution is 5.78. The second kappa shape index (κ2) is 8.03. The molecule has 1 unspecified atom stereocenters. The fraction of sp³-hybridized carbons (Fsp3) is 0.136. The average Bonchev–Trinajstić information content (AvgIpc) is 2.66. The molecule has 0 amide bonds. The first-order valence-corrected chi connectivity index (χ1v) is 8.21. The lowest BCUT2D eigenvalue weighted by atomic mass is 9.97. The summed E-state index contributed by atoms with van der Waals surface area (Å²) in [6, 6.07) is 10.2. The Kier molecular flexibility index (Phi) is 5.33. The SMILES string of the molecule is Cc1nccc(C#Cc2ccccc2C2CC=CC=N2)c1/C=C\C=N. The molecule has 3 rings (SSSR count). The van der Waals surface area contributed by atoms with Gasteiger partial charge in [-0.05, 0) is 43.2 Å². The zero-order valence-corrected chi connectivity index (χ0v) is 14.1. The van der Waals surface area contributed by atoms with Crippen molar-refractivity contribution in [2.24, 2.45) is 4.99 Å². The van der Waals surface area contributed by atoms with Gasteiger partial charge in [0.1, 0.15) is 0 Å². The molecule has 25 heavy (non-hydrogen) atoms. The fourth-order valence-electron chi connectivity index (χ4n) is 2.77. The highest BCUT2D eigenvalue weighted by atomic mass is 14.8. The molecular formula is C22H19N3. The van der Waals surface area contributed by atoms with Crippen LogP contribution < -0.4 is 0 Å². The predicted octanol–water partition coefficient (Wildman–Crippen LogP) is 4.52. The van der Waals surface area contributed by atoms with Crippen molar-refractivity contribution in [2.45, 2.75) is 19.4 Å². The fourth-order valence-corrected chi connectivity index (χ4v) is 2.77. The molecule has 0 saturated heterocycles. The average molecular weight is 325 g/mol. The van der Waals surface area contributed by atoms with Gasteiger partial charge in [-0.15, -0.1) is 0 Å². The number of rotatable bonds is 3. The molecule has 2 heterocycles. The molecule has 0 radical (unpaired) electrons. The normalized spacial score (nSPS) is 15.8. The van der Waals surface area contributed by atoms with E-state index in [0.717, 1.165) is 34.4 Å². The summed E-state index contributed by atoms with van der Waals surface area (Å²) in [5.74, 6) is 6.58. The maximum Gasteiger partial charge on any atom is 0.0795 e. The number of hydrogen-bond donors (Lipinski definition) is 1. The topological polar surface area (TPSA) is 49.1 Å². The van der Waals surface area contributed by atoms with E-state index in [0.29, 0.717) is 0 Å². The number of allylic oxidation sites excluding steroid dienone is 2. The van der Waals surface area contributed by atoms with E-state index >= 15 is 0 Å². The van der Waals surface area contributed by atoms with Crippen molar-refractivity contribution in [3.63, 3.8) is 0 Å². The van der Waals surface area contributed by atoms with Crippen molar-refractivity contribution < 1.29 is 0 Å². The molecule has 3 heteroatoms. The lowest BCUT2D eigenvalue weighted by Gasteiger charge is -2.14. The minimum Gasteiger partial charge on any atom is -0.309 e. The number of dihydropyridines is 1. The van der Waals surface area contributed by atoms with E-state index in [2.05, 4.69) is 34.0 Å². The van der Waals surface area contributed by atoms with Gasteiger partial charge in [0.2, 0.25) is 0 Å². The Labute approximate surface area is 148 Å². The second-order valence-electron chi connectivity index (χ2n) is 5.70. The van der Waals surface area contributed by atoms with Crippen molar-refractivity contribution in [1.82, 2.24) is 4.98 Å². The molecule has 1 aliphatic rings. The van der Waals surface area contributed by atoms with Gasteiger partial charge < -0.3 is 5.41 Å². The summed E-state index contributed by atoms with van der Waals surface area (Å²) < 4.78 is 0. The van der Waals surface area contributed by atoms with Crippen LogP contribution >= 0.6 is 0 Å². The molecule has 0 aliphatic carbocycles. The van der Waals surface area contributed by atoms with Crippen LogP contribution in [-0.2, 0) is 0 Å². The van der Waals surface area contributed by atoms with Crippen LogP contribution in [0.4, 0.5) is 0 Å². The summed E-state index contributed by atoms with van der Waals surface area (Å²) in [7, 11) is 0. The van der Waals surface area contributed by atoms with Crippen molar-refractivity contribution in [3.8, 4) is 11.8 Å². The van der Waals surface area contributed by atoms with E-state index in [1.54, 1.807) is 12.3 Å². The molecule has 0 saturated carbocycles. The van der Waals surface area contributed by atoms with Crippen molar-refractivity contribution in [1.29, 1.82) is 5.41 Å². The maximum absolute atomic E-state index is 7.18. The van der Waals surface area contributed by atoms with Crippen molar-refractivity contribution in [3.05, 3.63) is 82.7 Å². The van der Waals surface area contributed by atoms with E-state index in [-0.39, 0.29) is 6.04 Å². The van der Waals surface area contributed by atoms with Crippen molar-refractivity contribution in [2.75, 3.05) is 0 Å². The number of benzene rings is 1. The first-order valence-electron chi connectivity index (χ1n) is 8.21. The largest absolute Gasteiger partial charge is 0.309 e. The molecule has 1 aliphatic heterocycles. The Bertz CT molecular complexity index is 924. The maximum atomic E-state index is 7.18. The molecule has 0 fully saturated rings. The van der Waals surface area contributed by atoms with Gasteiger partial charge in [0.15, 0.2) is 0 Å². The van der Waals surface area contributed by atoms with Gasteiger partial charge in [0.05, 0.1) is 6.04 Å². The van der Waals surface area contributed by atoms with Gasteiger partial charge in [0, 0.05) is 41.0 Å². The zero-order chi connectivity index (χ0) is 17.5. The van der Waals surface area contributed by atoms with Gasteiger partial charge in [0.25, 0.3) is 0 Å². The van der Waals surface area contributed by atoms with Crippen molar-refractivity contribution >= 4 is 18.5 Å². The summed E-state index contributed by atoms with van der Waals surface area (Å²) in [5.41, 5.74) is 4.91. The van der Waals surface area contributed by atoms with E-state index in [1.165, 1.54) is 6.21 Å². The summed E-state index contributed by atoms with van der Waals surface area (Å²) in [6.45, 7) is 1.95. The molecule has 1 atom stereocenters. The Morgan fingerprint density at radius 1 is 1.16 bits per heavy atom. The highest BCUT2D eigenvalue weighted by Gasteiger charge is 2.12. The monoisotopic (exact) mass is 325 g/mol. The van der Waals surface area contributed by atoms with Crippen LogP contribution in [0.15, 0.2) is 59.7 Å². The van der Waals surface area contributed by atoms with Gasteiger partial charge in [-0.25, -0.2) is 0 Å². The molecule has 1 aromatic carbocycles. The van der Waals surface area contributed by atoms with Crippen LogP contribution in [0.3, 0.4) is 0 Å². The molecule has 0 spiro atoms. The molecule has 1 N–H and O–H groups in total. The molecule has 3 nitrogen and oxygen atoms in total. The summed E-state index contributed by atoms with van der Waals surface area (Å²) in [6.07, 6.45) is 13.5. The number of aliphatic imine (C=N–C) groups is 1. The minimum absolute atomic E-state index is 0.131. The van der Waals surface area contributed by atoms with E-state index < -0.39 is 0 Å². The Morgan fingerprint density at radius 2 is 2.00 bits per heavy atom. The molecular weight excluding hydrogens is 306 g/mol. The quantitative estimate of drug-likeness (QED) is 0.654. The van der Waals surface area contributed by atoms with Crippen LogP contribution in [0.2, 0.25) is 0 Å². The van der Waals surface area contributed by atoms with Gasteiger partial charge in [-0.1, -0.05) is 42.2 Å². The smallest absolute Gasteiger partial charge is 0.0795 e. The third-order valence-corrected chi connectivity index (χ3v) is 4.05. The standard InChI is InChI=1S/C22H19N3/c1-17-20(9-6-14-23)19(13-16-24-17)12-11-18-7-2-3-8-21(18)22-10-4-5-15-25-22/h2-9,13-16,22-23H,10H2,1H3/b9-6-,23-14?. The number of nitrogens with one attached hydrogen (secondary N) is 1. The highest BCUT2D eigenvalue weighted by Crippen LogP contribution is 2.26. The van der Waals surface area contributed by atoms with Gasteiger partial charge in [-0.2, -0.15) is 0 Å². The second-order valence-corrected chi connectivity index (χ2v) is 5.70. The predicted molar refractivity (Wildman–Crippen MR) is 104 cm³/mol. The van der Waals surface area contributed by atoms with Crippen LogP contribution in [0.25, 0.3) is 6.08 Å². The first kappa shape index (κ1) is 16.6. The van der Waals surface area contributed by atoms with E-state index in [9.17, 15) is 0 Å². The molecule has 122 valence electrons. The molecule has 1 aromatic heterocycles. The minimum atomic E-state index is 0.131. The summed E-state index contributed by atoms with van der Waals surface area (Å²) in [5, 5.41) is 7.18. The van der Waals surface area contributed by atoms with Crippen LogP contribution in [0.1, 0.15) is 40.4 Å². The van der Waals surface area contributed by atoms with Crippen LogP contribution in [0, 0.1) is 24.2 Å². The third-order valence-electron chi connectivity index (χ3n) is 4.05. The first-order chi connectivity index (χ1) is 12.3. The van der Waals surface area contributed by atoms with Crippen LogP contribution in [-0.4, -0.2) is 17.4 Å². The number of aryl methyl sites for hydroxylation is 1. The number of aromatic nitrogens is 1. The Morgan fingerprint density at radius 3 is 2.80 bits per heavy atom. The Hall–Kier alpha value is -3.25. The molecule has 2 aromatic rings. The lowest BCUT2D eigenvalue weighted by Crippen LogP contribution is -2.00. The van der Waals surface area contributed by atoms with Gasteiger partial charge in [-0.3, -0.25) is 9.98 Å². The number of nitrogens with zero attached hydrogens (tertiary/aromatic N) is 2. The summed E-state index contributed by atoms with van der Waals surface area (Å²) in [4.78, 5) is 8.88.